The van der Waals surface area contributed by atoms with Crippen LogP contribution in [0.15, 0.2) is 77.8 Å². The first kappa shape index (κ1) is 66.3. The lowest BCUT2D eigenvalue weighted by Crippen LogP contribution is -2.39. The van der Waals surface area contributed by atoms with Crippen LogP contribution in [0.4, 0.5) is 11.4 Å². The second-order valence-corrected chi connectivity index (χ2v) is 23.3. The molecule has 0 aromatic heterocycles. The first-order valence-corrected chi connectivity index (χ1v) is 31.2. The molecular formula is C63H77N3O21S. The van der Waals surface area contributed by atoms with Crippen LogP contribution in [0, 0.1) is 41.4 Å². The fourth-order valence-corrected chi connectivity index (χ4v) is 12.8. The van der Waals surface area contributed by atoms with Crippen LogP contribution in [0.2, 0.25) is 0 Å². The number of rotatable bonds is 28. The van der Waals surface area contributed by atoms with Gasteiger partial charge >= 0.3 is 53.7 Å². The van der Waals surface area contributed by atoms with Crippen molar-refractivity contribution in [3.8, 4) is 11.5 Å². The maximum atomic E-state index is 14.4. The van der Waals surface area contributed by atoms with Gasteiger partial charge in [-0.2, -0.15) is 10.1 Å². The summed E-state index contributed by atoms with van der Waals surface area (Å²) in [7, 11) is 0. The SMILES string of the molecule is C=CC(=O)OCCOCCOC(=O)C1CCC(C(=O)OC2CCC(C(=O)Oc3ccc(OC(=O)C4CCC(OC(=O)C5CCC(C(=O)OCCOCCOC(=O)C=C)CC5)CC4)c4c3NC(C3C(=O)N(c5ccccc5)N=C3C(=O)OCC)S4)CC2)CC1. The van der Waals surface area contributed by atoms with Crippen molar-refractivity contribution in [1.82, 2.24) is 0 Å². The van der Waals surface area contributed by atoms with Crippen LogP contribution in [-0.4, -0.2) is 142 Å². The Bertz CT molecular complexity index is 2730. The van der Waals surface area contributed by atoms with Gasteiger partial charge in [-0.3, -0.25) is 33.6 Å². The summed E-state index contributed by atoms with van der Waals surface area (Å²) in [6.07, 6.45) is 8.16. The third kappa shape index (κ3) is 18.2. The van der Waals surface area contributed by atoms with Gasteiger partial charge in [-0.05, 0) is 134 Å². The second kappa shape index (κ2) is 33.1. The largest absolute Gasteiger partial charge is 0.463 e. The van der Waals surface area contributed by atoms with Crippen LogP contribution in [0.25, 0.3) is 0 Å². The first-order valence-electron chi connectivity index (χ1n) is 30.3. The molecule has 2 aromatic carbocycles. The number of anilines is 2. The lowest BCUT2D eigenvalue weighted by molar-refractivity contribution is -0.161. The topological polar surface area (TPSA) is 300 Å². The highest BCUT2D eigenvalue weighted by atomic mass is 32.2. The van der Waals surface area contributed by atoms with Crippen LogP contribution >= 0.6 is 11.8 Å². The van der Waals surface area contributed by atoms with Crippen molar-refractivity contribution in [3.05, 3.63) is 67.8 Å². The molecule has 6 aliphatic rings. The predicted molar refractivity (Wildman–Crippen MR) is 313 cm³/mol. The Morgan fingerprint density at radius 3 is 1.39 bits per heavy atom. The third-order valence-corrected chi connectivity index (χ3v) is 17.7. The number of benzene rings is 2. The van der Waals surface area contributed by atoms with E-state index in [9.17, 15) is 47.9 Å². The Morgan fingerprint density at radius 1 is 0.523 bits per heavy atom. The number of nitrogens with one attached hydrogen (secondary N) is 1. The Labute approximate surface area is 514 Å². The van der Waals surface area contributed by atoms with Crippen LogP contribution in [0.3, 0.4) is 0 Å². The molecule has 1 N–H and O–H groups in total. The highest BCUT2D eigenvalue weighted by Crippen LogP contribution is 2.53. The number of esters is 9. The van der Waals surface area contributed by atoms with E-state index in [-0.39, 0.29) is 130 Å². The van der Waals surface area contributed by atoms with Gasteiger partial charge in [0, 0.05) is 12.2 Å². The molecule has 2 unspecified atom stereocenters. The average molecular weight is 1240 g/mol. The summed E-state index contributed by atoms with van der Waals surface area (Å²) in [5.41, 5.74) is 0.536. The van der Waals surface area contributed by atoms with Gasteiger partial charge in [0.15, 0.2) is 11.5 Å². The smallest absolute Gasteiger partial charge is 0.355 e. The van der Waals surface area contributed by atoms with E-state index in [1.165, 1.54) is 12.1 Å². The van der Waals surface area contributed by atoms with Crippen molar-refractivity contribution in [2.75, 3.05) is 69.8 Å². The van der Waals surface area contributed by atoms with Crippen LogP contribution in [0.5, 0.6) is 11.5 Å². The minimum absolute atomic E-state index is 0.0201. The number of thioether (sulfide) groups is 1. The number of hydrazone groups is 1. The number of nitrogens with zero attached hydrogens (tertiary/aromatic N) is 2. The zero-order valence-corrected chi connectivity index (χ0v) is 50.3. The fourth-order valence-electron chi connectivity index (χ4n) is 11.5. The van der Waals surface area contributed by atoms with E-state index in [0.29, 0.717) is 113 Å². The van der Waals surface area contributed by atoms with Crippen molar-refractivity contribution < 1.29 is 100 Å². The summed E-state index contributed by atoms with van der Waals surface area (Å²) in [4.78, 5) is 131. The van der Waals surface area contributed by atoms with E-state index < -0.39 is 71.1 Å². The minimum Gasteiger partial charge on any atom is -0.463 e. The van der Waals surface area contributed by atoms with Gasteiger partial charge < -0.3 is 57.4 Å². The lowest BCUT2D eigenvalue weighted by Gasteiger charge is -2.30. The summed E-state index contributed by atoms with van der Waals surface area (Å²) in [6.45, 7) is 9.10. The molecule has 2 heterocycles. The van der Waals surface area contributed by atoms with Gasteiger partial charge in [0.1, 0.15) is 50.3 Å². The molecule has 25 heteroatoms. The summed E-state index contributed by atoms with van der Waals surface area (Å²) < 4.78 is 60.6. The average Bonchev–Trinajstić information content (AvgIpc) is 1.73. The molecule has 88 heavy (non-hydrogen) atoms. The predicted octanol–water partition coefficient (Wildman–Crippen LogP) is 7.32. The summed E-state index contributed by atoms with van der Waals surface area (Å²) in [5.74, 6) is -8.40. The summed E-state index contributed by atoms with van der Waals surface area (Å²) in [6, 6.07) is 11.6. The number of amides is 1. The highest BCUT2D eigenvalue weighted by Gasteiger charge is 2.50. The minimum atomic E-state index is -1.20. The molecule has 0 saturated heterocycles. The van der Waals surface area contributed by atoms with E-state index in [4.69, 9.17) is 52.1 Å². The van der Waals surface area contributed by atoms with Gasteiger partial charge in [0.2, 0.25) is 0 Å². The molecule has 4 saturated carbocycles. The number of hydrogen-bond acceptors (Lipinski definition) is 24. The first-order chi connectivity index (χ1) is 42.6. The zero-order valence-electron chi connectivity index (χ0n) is 49.4. The lowest BCUT2D eigenvalue weighted by atomic mass is 9.82. The molecule has 2 aromatic rings. The monoisotopic (exact) mass is 1240 g/mol. The quantitative estimate of drug-likeness (QED) is 0.0287. The third-order valence-electron chi connectivity index (χ3n) is 16.4. The van der Waals surface area contributed by atoms with Gasteiger partial charge in [0.05, 0.1) is 90.2 Å². The second-order valence-electron chi connectivity index (χ2n) is 22.2. The van der Waals surface area contributed by atoms with Crippen LogP contribution < -0.4 is 19.8 Å². The number of carbonyl (C=O) groups excluding carboxylic acids is 10. The normalized spacial score (nSPS) is 24.8. The molecule has 2 atom stereocenters. The molecular weight excluding hydrogens is 1170 g/mol. The maximum absolute atomic E-state index is 14.4. The van der Waals surface area contributed by atoms with Crippen molar-refractivity contribution in [3.63, 3.8) is 0 Å². The number of fused-ring (bicyclic) bond motifs is 1. The Kier molecular flexibility index (Phi) is 24.9. The number of ether oxygens (including phenoxy) is 11. The summed E-state index contributed by atoms with van der Waals surface area (Å²) >= 11 is 1.11. The molecule has 8 rings (SSSR count). The molecule has 2 aliphatic heterocycles. The number of hydrogen-bond donors (Lipinski definition) is 1. The highest BCUT2D eigenvalue weighted by molar-refractivity contribution is 8.00. The number of para-hydroxylation sites is 1. The molecule has 476 valence electrons. The molecule has 1 amide bonds. The molecule has 24 nitrogen and oxygen atoms in total. The molecule has 0 bridgehead atoms. The van der Waals surface area contributed by atoms with Gasteiger partial charge in [-0.1, -0.05) is 43.1 Å². The standard InChI is InChI=1S/C63H77N3O21S/c1-4-49(67)80-34-30-77-32-36-82-57(70)38-12-16-40(17-13-38)59(72)84-45-24-20-42(21-25-45)61(74)86-47-28-29-48(54-52(47)64-55(88-54)51-53(63(76)79-6-3)65-66(56(51)69)44-10-8-7-9-11-44)87-62(75)43-22-26-46(27-23-43)85-60(73)41-18-14-39(15-19-41)58(71)83-37-33-78-31-35-81-50(68)5-2/h4-5,7-11,28-29,38-43,45-46,51,55,64H,1-2,6,12-27,30-37H2,3H3. The molecule has 0 spiro atoms. The fraction of sp³-hybridized carbons (Fsp3) is 0.571. The van der Waals surface area contributed by atoms with Crippen LogP contribution in [0.1, 0.15) is 110 Å². The van der Waals surface area contributed by atoms with E-state index in [1.807, 2.05) is 0 Å². The molecule has 4 aliphatic carbocycles. The van der Waals surface area contributed by atoms with E-state index >= 15 is 0 Å². The summed E-state index contributed by atoms with van der Waals surface area (Å²) in [5, 5.41) is 7.99. The van der Waals surface area contributed by atoms with E-state index in [2.05, 4.69) is 23.6 Å². The van der Waals surface area contributed by atoms with E-state index in [1.54, 1.807) is 37.3 Å². The van der Waals surface area contributed by atoms with Crippen molar-refractivity contribution in [1.29, 1.82) is 0 Å². The Balaban J connectivity index is 0.828. The van der Waals surface area contributed by atoms with Gasteiger partial charge in [-0.25, -0.2) is 14.4 Å². The maximum Gasteiger partial charge on any atom is 0.355 e. The van der Waals surface area contributed by atoms with Crippen LogP contribution in [-0.2, 0) is 90.6 Å². The van der Waals surface area contributed by atoms with Gasteiger partial charge in [0.25, 0.3) is 5.91 Å². The van der Waals surface area contributed by atoms with Crippen molar-refractivity contribution >= 4 is 88.5 Å². The van der Waals surface area contributed by atoms with Gasteiger partial charge in [-0.15, -0.1) is 0 Å². The Morgan fingerprint density at radius 2 is 0.932 bits per heavy atom. The molecule has 4 fully saturated rings. The van der Waals surface area contributed by atoms with Crippen molar-refractivity contribution in [2.24, 2.45) is 46.5 Å². The van der Waals surface area contributed by atoms with E-state index in [0.717, 1.165) is 28.9 Å². The number of carbonyl (C=O) groups is 10. The Hall–Kier alpha value is -7.64. The van der Waals surface area contributed by atoms with Crippen molar-refractivity contribution in [2.45, 2.75) is 132 Å². The zero-order chi connectivity index (χ0) is 62.5. The molecule has 0 radical (unpaired) electrons.